The molecule has 0 aromatic carbocycles. The van der Waals surface area contributed by atoms with E-state index in [-0.39, 0.29) is 12.5 Å². The first-order valence-electron chi connectivity index (χ1n) is 7.87. The van der Waals surface area contributed by atoms with Crippen LogP contribution in [0.3, 0.4) is 0 Å². The molecule has 2 aliphatic rings. The van der Waals surface area contributed by atoms with Gasteiger partial charge in [0.05, 0.1) is 6.54 Å². The summed E-state index contributed by atoms with van der Waals surface area (Å²) in [6.07, 6.45) is 8.68. The molecule has 2 N–H and O–H groups in total. The number of carboxylic acids is 1. The van der Waals surface area contributed by atoms with E-state index in [0.29, 0.717) is 24.9 Å². The molecular formula is C15H26N2O3. The maximum Gasteiger partial charge on any atom is 0.317 e. The zero-order valence-electron chi connectivity index (χ0n) is 12.1. The van der Waals surface area contributed by atoms with Crippen LogP contribution in [0.4, 0.5) is 0 Å². The predicted molar refractivity (Wildman–Crippen MR) is 76.4 cm³/mol. The summed E-state index contributed by atoms with van der Waals surface area (Å²) in [6.45, 7) is 1.43. The van der Waals surface area contributed by atoms with Crippen LogP contribution >= 0.6 is 0 Å². The van der Waals surface area contributed by atoms with Crippen LogP contribution in [0.5, 0.6) is 0 Å². The van der Waals surface area contributed by atoms with E-state index < -0.39 is 5.97 Å². The van der Waals surface area contributed by atoms with Crippen LogP contribution < -0.4 is 5.32 Å². The Morgan fingerprint density at radius 1 is 1.10 bits per heavy atom. The van der Waals surface area contributed by atoms with Gasteiger partial charge < -0.3 is 10.4 Å². The molecule has 20 heavy (non-hydrogen) atoms. The summed E-state index contributed by atoms with van der Waals surface area (Å²) in [5, 5.41) is 12.0. The molecule has 5 heteroatoms. The van der Waals surface area contributed by atoms with Crippen molar-refractivity contribution in [3.63, 3.8) is 0 Å². The number of rotatable bonds is 8. The number of hydrogen-bond acceptors (Lipinski definition) is 3. The van der Waals surface area contributed by atoms with Gasteiger partial charge in [-0.05, 0) is 31.6 Å². The first kappa shape index (κ1) is 15.3. The van der Waals surface area contributed by atoms with Crippen LogP contribution in [0.15, 0.2) is 0 Å². The maximum absolute atomic E-state index is 11.9. The van der Waals surface area contributed by atoms with Crippen molar-refractivity contribution in [2.45, 2.75) is 57.4 Å². The van der Waals surface area contributed by atoms with E-state index in [1.165, 1.54) is 32.1 Å². The zero-order valence-corrected chi connectivity index (χ0v) is 12.1. The Hall–Kier alpha value is -1.10. The molecule has 2 saturated carbocycles. The SMILES string of the molecule is O=C(O)CN(CCC(=O)NC1CCCCC1)CC1CC1. The van der Waals surface area contributed by atoms with E-state index in [0.717, 1.165) is 19.4 Å². The lowest BCUT2D eigenvalue weighted by Gasteiger charge is -2.24. The summed E-state index contributed by atoms with van der Waals surface area (Å²) in [6, 6.07) is 0.340. The monoisotopic (exact) mass is 282 g/mol. The summed E-state index contributed by atoms with van der Waals surface area (Å²) in [5.74, 6) is -0.0859. The molecule has 2 aliphatic carbocycles. The Morgan fingerprint density at radius 3 is 2.40 bits per heavy atom. The first-order chi connectivity index (χ1) is 9.63. The minimum absolute atomic E-state index is 0.0488. The van der Waals surface area contributed by atoms with Crippen LogP contribution in [-0.2, 0) is 9.59 Å². The van der Waals surface area contributed by atoms with Gasteiger partial charge in [-0.2, -0.15) is 0 Å². The molecule has 2 fully saturated rings. The van der Waals surface area contributed by atoms with Gasteiger partial charge in [0.25, 0.3) is 0 Å². The Morgan fingerprint density at radius 2 is 1.80 bits per heavy atom. The number of nitrogens with one attached hydrogen (secondary N) is 1. The fourth-order valence-corrected chi connectivity index (χ4v) is 2.90. The van der Waals surface area contributed by atoms with Crippen molar-refractivity contribution in [1.82, 2.24) is 10.2 Å². The molecule has 0 saturated heterocycles. The van der Waals surface area contributed by atoms with Crippen molar-refractivity contribution in [3.05, 3.63) is 0 Å². The summed E-state index contributed by atoms with van der Waals surface area (Å²) >= 11 is 0. The van der Waals surface area contributed by atoms with E-state index in [2.05, 4.69) is 5.32 Å². The molecule has 5 nitrogen and oxygen atoms in total. The van der Waals surface area contributed by atoms with E-state index >= 15 is 0 Å². The van der Waals surface area contributed by atoms with Crippen LogP contribution in [0.25, 0.3) is 0 Å². The fraction of sp³-hybridized carbons (Fsp3) is 0.867. The zero-order chi connectivity index (χ0) is 14.4. The van der Waals surface area contributed by atoms with Crippen molar-refractivity contribution in [2.75, 3.05) is 19.6 Å². The molecule has 0 heterocycles. The van der Waals surface area contributed by atoms with Gasteiger partial charge >= 0.3 is 5.97 Å². The number of amides is 1. The molecule has 0 aromatic heterocycles. The second-order valence-corrected chi connectivity index (χ2v) is 6.22. The Bertz CT molecular complexity index is 336. The third-order valence-corrected chi connectivity index (χ3v) is 4.20. The third kappa shape index (κ3) is 5.90. The molecule has 0 spiro atoms. The molecule has 0 unspecified atom stereocenters. The van der Waals surface area contributed by atoms with Gasteiger partial charge in [-0.1, -0.05) is 19.3 Å². The van der Waals surface area contributed by atoms with Crippen LogP contribution in [0, 0.1) is 5.92 Å². The molecule has 0 bridgehead atoms. The highest BCUT2D eigenvalue weighted by atomic mass is 16.4. The highest BCUT2D eigenvalue weighted by Gasteiger charge is 2.25. The predicted octanol–water partition coefficient (Wildman–Crippen LogP) is 1.62. The number of nitrogens with zero attached hydrogens (tertiary/aromatic N) is 1. The van der Waals surface area contributed by atoms with Gasteiger partial charge in [-0.3, -0.25) is 14.5 Å². The Balaban J connectivity index is 1.66. The van der Waals surface area contributed by atoms with Crippen LogP contribution in [-0.4, -0.2) is 47.6 Å². The summed E-state index contributed by atoms with van der Waals surface area (Å²) in [5.41, 5.74) is 0. The highest BCUT2D eigenvalue weighted by molar-refractivity contribution is 5.76. The number of carboxylic acid groups (broad SMARTS) is 1. The summed E-state index contributed by atoms with van der Waals surface area (Å²) in [7, 11) is 0. The van der Waals surface area contributed by atoms with Crippen molar-refractivity contribution < 1.29 is 14.7 Å². The summed E-state index contributed by atoms with van der Waals surface area (Å²) in [4.78, 5) is 24.7. The average Bonchev–Trinajstić information content (AvgIpc) is 3.20. The smallest absolute Gasteiger partial charge is 0.317 e. The van der Waals surface area contributed by atoms with Gasteiger partial charge in [0.1, 0.15) is 0 Å². The minimum Gasteiger partial charge on any atom is -0.480 e. The van der Waals surface area contributed by atoms with Gasteiger partial charge in [0, 0.05) is 25.6 Å². The number of hydrogen-bond donors (Lipinski definition) is 2. The lowest BCUT2D eigenvalue weighted by molar-refractivity contribution is -0.138. The molecule has 0 aliphatic heterocycles. The van der Waals surface area contributed by atoms with Crippen LogP contribution in [0.2, 0.25) is 0 Å². The highest BCUT2D eigenvalue weighted by Crippen LogP contribution is 2.29. The normalized spacial score (nSPS) is 20.1. The second-order valence-electron chi connectivity index (χ2n) is 6.22. The molecule has 1 amide bonds. The van der Waals surface area contributed by atoms with Gasteiger partial charge in [0.15, 0.2) is 0 Å². The topological polar surface area (TPSA) is 69.6 Å². The van der Waals surface area contributed by atoms with Gasteiger partial charge in [0.2, 0.25) is 5.91 Å². The lowest BCUT2D eigenvalue weighted by Crippen LogP contribution is -2.39. The van der Waals surface area contributed by atoms with E-state index in [1.807, 2.05) is 4.90 Å². The molecule has 0 radical (unpaired) electrons. The Kier molecular flexibility index (Phi) is 5.83. The maximum atomic E-state index is 11.9. The van der Waals surface area contributed by atoms with Gasteiger partial charge in [-0.15, -0.1) is 0 Å². The van der Waals surface area contributed by atoms with Crippen molar-refractivity contribution in [2.24, 2.45) is 5.92 Å². The number of aliphatic carboxylic acids is 1. The van der Waals surface area contributed by atoms with Crippen molar-refractivity contribution >= 4 is 11.9 Å². The van der Waals surface area contributed by atoms with E-state index in [1.54, 1.807) is 0 Å². The molecule has 114 valence electrons. The quantitative estimate of drug-likeness (QED) is 0.710. The molecule has 0 atom stereocenters. The van der Waals surface area contributed by atoms with Crippen LogP contribution in [0.1, 0.15) is 51.4 Å². The third-order valence-electron chi connectivity index (χ3n) is 4.20. The minimum atomic E-state index is -0.807. The first-order valence-corrected chi connectivity index (χ1v) is 7.87. The summed E-state index contributed by atoms with van der Waals surface area (Å²) < 4.78 is 0. The average molecular weight is 282 g/mol. The fourth-order valence-electron chi connectivity index (χ4n) is 2.90. The number of carbonyl (C=O) groups excluding carboxylic acids is 1. The van der Waals surface area contributed by atoms with E-state index in [4.69, 9.17) is 5.11 Å². The molecule has 2 rings (SSSR count). The van der Waals surface area contributed by atoms with E-state index in [9.17, 15) is 9.59 Å². The molecule has 0 aromatic rings. The largest absolute Gasteiger partial charge is 0.480 e. The standard InChI is InChI=1S/C15H26N2O3/c18-14(16-13-4-2-1-3-5-13)8-9-17(11-15(19)20)10-12-6-7-12/h12-13H,1-11H2,(H,16,18)(H,19,20). The van der Waals surface area contributed by atoms with Gasteiger partial charge in [-0.25, -0.2) is 0 Å². The second kappa shape index (κ2) is 7.62. The Labute approximate surface area is 120 Å². The number of carbonyl (C=O) groups is 2. The van der Waals surface area contributed by atoms with Crippen molar-refractivity contribution in [1.29, 1.82) is 0 Å². The van der Waals surface area contributed by atoms with Crippen molar-refractivity contribution in [3.8, 4) is 0 Å². The lowest BCUT2D eigenvalue weighted by atomic mass is 9.95. The molecular weight excluding hydrogens is 256 g/mol.